The summed E-state index contributed by atoms with van der Waals surface area (Å²) in [6, 6.07) is 11.4. The van der Waals surface area contributed by atoms with Gasteiger partial charge in [-0.2, -0.15) is 0 Å². The molecule has 0 aliphatic heterocycles. The van der Waals surface area contributed by atoms with E-state index in [1.165, 1.54) is 0 Å². The number of halogens is 1. The number of nitrogens with two attached hydrogens (primary N) is 1. The Hall–Kier alpha value is -1.87. The van der Waals surface area contributed by atoms with Crippen molar-refractivity contribution in [1.29, 1.82) is 0 Å². The molecule has 0 amide bonds. The van der Waals surface area contributed by atoms with Crippen LogP contribution in [0.1, 0.15) is 42.0 Å². The first-order valence-electron chi connectivity index (χ1n) is 7.22. The SMILES string of the molecule is Cc1ccc(C(C)C)c(OCc2cccc(CN)c2F)c1. The summed E-state index contributed by atoms with van der Waals surface area (Å²) in [6.45, 7) is 6.66. The Labute approximate surface area is 125 Å². The van der Waals surface area contributed by atoms with Gasteiger partial charge in [0, 0.05) is 17.7 Å². The molecule has 0 aliphatic rings. The van der Waals surface area contributed by atoms with Crippen LogP contribution in [0, 0.1) is 12.7 Å². The molecule has 2 aromatic rings. The number of ether oxygens (including phenoxy) is 1. The Kier molecular flexibility index (Phi) is 4.97. The topological polar surface area (TPSA) is 35.2 Å². The van der Waals surface area contributed by atoms with Crippen molar-refractivity contribution >= 4 is 0 Å². The summed E-state index contributed by atoms with van der Waals surface area (Å²) in [4.78, 5) is 0. The Morgan fingerprint density at radius 1 is 1.14 bits per heavy atom. The van der Waals surface area contributed by atoms with E-state index >= 15 is 0 Å². The van der Waals surface area contributed by atoms with Crippen molar-refractivity contribution < 1.29 is 9.13 Å². The van der Waals surface area contributed by atoms with Crippen molar-refractivity contribution in [2.75, 3.05) is 0 Å². The molecule has 0 aliphatic carbocycles. The van der Waals surface area contributed by atoms with Gasteiger partial charge < -0.3 is 10.5 Å². The van der Waals surface area contributed by atoms with Gasteiger partial charge in [-0.1, -0.05) is 44.2 Å². The Morgan fingerprint density at radius 3 is 2.52 bits per heavy atom. The third-order valence-corrected chi connectivity index (χ3v) is 3.55. The lowest BCUT2D eigenvalue weighted by molar-refractivity contribution is 0.295. The summed E-state index contributed by atoms with van der Waals surface area (Å²) >= 11 is 0. The van der Waals surface area contributed by atoms with Crippen molar-refractivity contribution in [2.45, 2.75) is 39.8 Å². The first kappa shape index (κ1) is 15.5. The van der Waals surface area contributed by atoms with Crippen molar-refractivity contribution in [3.63, 3.8) is 0 Å². The molecule has 2 N–H and O–H groups in total. The van der Waals surface area contributed by atoms with E-state index in [1.807, 2.05) is 19.1 Å². The predicted octanol–water partition coefficient (Wildman–Crippen LogP) is 4.30. The summed E-state index contributed by atoms with van der Waals surface area (Å²) in [6.07, 6.45) is 0. The molecular formula is C18H22FNO. The number of aryl methyl sites for hydroxylation is 1. The highest BCUT2D eigenvalue weighted by Crippen LogP contribution is 2.28. The van der Waals surface area contributed by atoms with Crippen molar-refractivity contribution in [2.24, 2.45) is 5.73 Å². The average molecular weight is 287 g/mol. The fourth-order valence-electron chi connectivity index (χ4n) is 2.30. The van der Waals surface area contributed by atoms with E-state index in [2.05, 4.69) is 26.0 Å². The van der Waals surface area contributed by atoms with Gasteiger partial charge >= 0.3 is 0 Å². The molecule has 2 aromatic carbocycles. The lowest BCUT2D eigenvalue weighted by atomic mass is 10.0. The number of hydrogen-bond acceptors (Lipinski definition) is 2. The number of hydrogen-bond donors (Lipinski definition) is 1. The fourth-order valence-corrected chi connectivity index (χ4v) is 2.30. The van der Waals surface area contributed by atoms with Crippen molar-refractivity contribution in [3.8, 4) is 5.75 Å². The average Bonchev–Trinajstić information content (AvgIpc) is 2.46. The quantitative estimate of drug-likeness (QED) is 0.890. The summed E-state index contributed by atoms with van der Waals surface area (Å²) in [5, 5.41) is 0. The second kappa shape index (κ2) is 6.72. The summed E-state index contributed by atoms with van der Waals surface area (Å²) < 4.78 is 20.0. The minimum atomic E-state index is -0.265. The normalized spacial score (nSPS) is 11.0. The maximum atomic E-state index is 14.2. The maximum absolute atomic E-state index is 14.2. The van der Waals surface area contributed by atoms with E-state index in [9.17, 15) is 4.39 Å². The van der Waals surface area contributed by atoms with E-state index in [0.717, 1.165) is 16.9 Å². The Morgan fingerprint density at radius 2 is 1.86 bits per heavy atom. The number of rotatable bonds is 5. The van der Waals surface area contributed by atoms with Gasteiger partial charge in [-0.15, -0.1) is 0 Å². The van der Waals surface area contributed by atoms with Crippen LogP contribution >= 0.6 is 0 Å². The second-order valence-corrected chi connectivity index (χ2v) is 5.58. The zero-order valence-corrected chi connectivity index (χ0v) is 12.8. The first-order valence-corrected chi connectivity index (χ1v) is 7.22. The van der Waals surface area contributed by atoms with Gasteiger partial charge in [-0.3, -0.25) is 0 Å². The largest absolute Gasteiger partial charge is 0.488 e. The molecule has 0 bridgehead atoms. The highest BCUT2D eigenvalue weighted by atomic mass is 19.1. The molecule has 0 fully saturated rings. The van der Waals surface area contributed by atoms with Gasteiger partial charge in [0.2, 0.25) is 0 Å². The monoisotopic (exact) mass is 287 g/mol. The van der Waals surface area contributed by atoms with Crippen LogP contribution in [0.15, 0.2) is 36.4 Å². The van der Waals surface area contributed by atoms with Crippen LogP contribution in [0.3, 0.4) is 0 Å². The van der Waals surface area contributed by atoms with Gasteiger partial charge in [-0.25, -0.2) is 4.39 Å². The molecule has 3 heteroatoms. The third kappa shape index (κ3) is 3.61. The molecule has 0 atom stereocenters. The highest BCUT2D eigenvalue weighted by molar-refractivity contribution is 5.39. The predicted molar refractivity (Wildman–Crippen MR) is 83.9 cm³/mol. The van der Waals surface area contributed by atoms with E-state index in [-0.39, 0.29) is 19.0 Å². The summed E-state index contributed by atoms with van der Waals surface area (Å²) in [7, 11) is 0. The molecule has 0 saturated heterocycles. The minimum absolute atomic E-state index is 0.196. The van der Waals surface area contributed by atoms with E-state index in [1.54, 1.807) is 12.1 Å². The van der Waals surface area contributed by atoms with Crippen LogP contribution in [-0.4, -0.2) is 0 Å². The highest BCUT2D eigenvalue weighted by Gasteiger charge is 2.11. The van der Waals surface area contributed by atoms with E-state index < -0.39 is 0 Å². The molecular weight excluding hydrogens is 265 g/mol. The molecule has 0 spiro atoms. The van der Waals surface area contributed by atoms with Gasteiger partial charge in [-0.05, 0) is 30.0 Å². The molecule has 0 saturated carbocycles. The van der Waals surface area contributed by atoms with Crippen LogP contribution in [0.25, 0.3) is 0 Å². The molecule has 112 valence electrons. The second-order valence-electron chi connectivity index (χ2n) is 5.58. The first-order chi connectivity index (χ1) is 10.0. The molecule has 2 nitrogen and oxygen atoms in total. The summed E-state index contributed by atoms with van der Waals surface area (Å²) in [5.41, 5.74) is 8.85. The molecule has 0 heterocycles. The van der Waals surface area contributed by atoms with Gasteiger partial charge in [0.15, 0.2) is 0 Å². The van der Waals surface area contributed by atoms with Crippen molar-refractivity contribution in [3.05, 3.63) is 64.5 Å². The van der Waals surface area contributed by atoms with Crippen LogP contribution in [0.5, 0.6) is 5.75 Å². The molecule has 0 unspecified atom stereocenters. The molecule has 2 rings (SSSR count). The standard InChI is InChI=1S/C18H22FNO/c1-12(2)16-8-7-13(3)9-17(16)21-11-15-6-4-5-14(10-20)18(15)19/h4-9,12H,10-11,20H2,1-3H3. The van der Waals surface area contributed by atoms with Gasteiger partial charge in [0.1, 0.15) is 18.2 Å². The summed E-state index contributed by atoms with van der Waals surface area (Å²) in [5.74, 6) is 0.919. The van der Waals surface area contributed by atoms with Gasteiger partial charge in [0.25, 0.3) is 0 Å². The lowest BCUT2D eigenvalue weighted by Crippen LogP contribution is -2.06. The lowest BCUT2D eigenvalue weighted by Gasteiger charge is -2.15. The molecule has 21 heavy (non-hydrogen) atoms. The number of benzene rings is 2. The fraction of sp³-hybridized carbons (Fsp3) is 0.333. The van der Waals surface area contributed by atoms with E-state index in [0.29, 0.717) is 17.0 Å². The maximum Gasteiger partial charge on any atom is 0.134 e. The smallest absolute Gasteiger partial charge is 0.134 e. The van der Waals surface area contributed by atoms with Crippen LogP contribution in [0.4, 0.5) is 4.39 Å². The van der Waals surface area contributed by atoms with Gasteiger partial charge in [0.05, 0.1) is 0 Å². The molecule has 0 aromatic heterocycles. The Balaban J connectivity index is 2.22. The zero-order chi connectivity index (χ0) is 15.4. The van der Waals surface area contributed by atoms with Crippen LogP contribution in [-0.2, 0) is 13.2 Å². The zero-order valence-electron chi connectivity index (χ0n) is 12.8. The van der Waals surface area contributed by atoms with E-state index in [4.69, 9.17) is 10.5 Å². The Bertz CT molecular complexity index is 623. The van der Waals surface area contributed by atoms with Crippen molar-refractivity contribution in [1.82, 2.24) is 0 Å². The van der Waals surface area contributed by atoms with Crippen LogP contribution < -0.4 is 10.5 Å². The van der Waals surface area contributed by atoms with Crippen LogP contribution in [0.2, 0.25) is 0 Å². The minimum Gasteiger partial charge on any atom is -0.488 e. The third-order valence-electron chi connectivity index (χ3n) is 3.55. The molecule has 0 radical (unpaired) electrons.